The van der Waals surface area contributed by atoms with Crippen LogP contribution in [0.1, 0.15) is 0 Å². The van der Waals surface area contributed by atoms with E-state index in [9.17, 15) is 0 Å². The molecule has 0 unspecified atom stereocenters. The van der Waals surface area contributed by atoms with Gasteiger partial charge in [-0.25, -0.2) is 0 Å². The van der Waals surface area contributed by atoms with E-state index in [-0.39, 0.29) is 0 Å². The number of fused-ring (bicyclic) bond motifs is 10. The summed E-state index contributed by atoms with van der Waals surface area (Å²) in [4.78, 5) is 9.73. The average molecular weight is 611 g/mol. The molecule has 0 saturated heterocycles. The molecular formula is C44H26N4. The van der Waals surface area contributed by atoms with Crippen LogP contribution in [0.4, 0.5) is 0 Å². The van der Waals surface area contributed by atoms with Gasteiger partial charge in [0.2, 0.25) is 0 Å². The fraction of sp³-hybridized carbons (Fsp3) is 0. The van der Waals surface area contributed by atoms with Crippen molar-refractivity contribution in [2.24, 2.45) is 0 Å². The van der Waals surface area contributed by atoms with Crippen LogP contribution in [0.25, 0.3) is 98.9 Å². The van der Waals surface area contributed by atoms with E-state index in [0.717, 1.165) is 33.4 Å². The third-order valence-corrected chi connectivity index (χ3v) is 10.1. The standard InChI is InChI=1S/C44H26N4/c1-2-10-29(11-3-1)47-40-17-6-4-12-32(40)35-25-39(46-26-43(35)47)27-19-20-42-34(22-27)37-24-28(30-14-8-16-38-31(30)15-9-21-45-38)23-36-33-13-5-7-18-41(33)48(42)44(36)37/h1-26H. The lowest BCUT2D eigenvalue weighted by Gasteiger charge is -2.08. The first kappa shape index (κ1) is 25.6. The molecule has 0 radical (unpaired) electrons. The van der Waals surface area contributed by atoms with Gasteiger partial charge in [-0.15, -0.1) is 0 Å². The summed E-state index contributed by atoms with van der Waals surface area (Å²) in [6.07, 6.45) is 3.90. The zero-order chi connectivity index (χ0) is 31.3. The average Bonchev–Trinajstić information content (AvgIpc) is 3.79. The van der Waals surface area contributed by atoms with E-state index in [4.69, 9.17) is 4.98 Å². The second-order valence-corrected chi connectivity index (χ2v) is 12.7. The van der Waals surface area contributed by atoms with Crippen LogP contribution in [0.3, 0.4) is 0 Å². The van der Waals surface area contributed by atoms with Gasteiger partial charge in [-0.1, -0.05) is 78.9 Å². The van der Waals surface area contributed by atoms with Crippen LogP contribution >= 0.6 is 0 Å². The molecule has 48 heavy (non-hydrogen) atoms. The summed E-state index contributed by atoms with van der Waals surface area (Å²) in [5.74, 6) is 0. The van der Waals surface area contributed by atoms with Crippen molar-refractivity contribution in [3.63, 3.8) is 0 Å². The molecule has 4 nitrogen and oxygen atoms in total. The van der Waals surface area contributed by atoms with Crippen molar-refractivity contribution in [3.05, 3.63) is 158 Å². The monoisotopic (exact) mass is 610 g/mol. The summed E-state index contributed by atoms with van der Waals surface area (Å²) >= 11 is 0. The fourth-order valence-corrected chi connectivity index (χ4v) is 8.05. The quantitative estimate of drug-likeness (QED) is 0.199. The van der Waals surface area contributed by atoms with E-state index in [1.807, 2.05) is 18.5 Å². The zero-order valence-electron chi connectivity index (χ0n) is 25.8. The smallest absolute Gasteiger partial charge is 0.0724 e. The van der Waals surface area contributed by atoms with E-state index in [1.54, 1.807) is 0 Å². The molecule has 6 aromatic carbocycles. The Balaban J connectivity index is 1.18. The minimum absolute atomic E-state index is 0.968. The molecule has 0 N–H and O–H groups in total. The molecule has 0 aliphatic carbocycles. The van der Waals surface area contributed by atoms with Crippen LogP contribution in [0, 0.1) is 0 Å². The predicted molar refractivity (Wildman–Crippen MR) is 199 cm³/mol. The van der Waals surface area contributed by atoms with Crippen LogP contribution < -0.4 is 0 Å². The molecule has 11 rings (SSSR count). The van der Waals surface area contributed by atoms with Crippen molar-refractivity contribution < 1.29 is 0 Å². The molecule has 0 fully saturated rings. The number of nitrogens with zero attached hydrogens (tertiary/aromatic N) is 4. The molecule has 4 heteroatoms. The first-order chi connectivity index (χ1) is 23.8. The lowest BCUT2D eigenvalue weighted by molar-refractivity contribution is 1.17. The Bertz CT molecular complexity index is 3050. The molecule has 0 atom stereocenters. The Labute approximate surface area is 275 Å². The van der Waals surface area contributed by atoms with Gasteiger partial charge in [-0.3, -0.25) is 9.97 Å². The highest BCUT2D eigenvalue weighted by Crippen LogP contribution is 2.43. The van der Waals surface area contributed by atoms with Gasteiger partial charge in [-0.2, -0.15) is 0 Å². The lowest BCUT2D eigenvalue weighted by Crippen LogP contribution is -1.93. The number of rotatable bonds is 3. The van der Waals surface area contributed by atoms with E-state index < -0.39 is 0 Å². The second kappa shape index (κ2) is 9.50. The summed E-state index contributed by atoms with van der Waals surface area (Å²) in [5, 5.41) is 8.60. The summed E-state index contributed by atoms with van der Waals surface area (Å²) in [5.41, 5.74) is 12.6. The van der Waals surface area contributed by atoms with Gasteiger partial charge in [0.25, 0.3) is 0 Å². The normalized spacial score (nSPS) is 12.2. The molecule has 0 spiro atoms. The summed E-state index contributed by atoms with van der Waals surface area (Å²) < 4.78 is 4.76. The molecule has 0 amide bonds. The van der Waals surface area contributed by atoms with Crippen LogP contribution in [-0.4, -0.2) is 18.9 Å². The predicted octanol–water partition coefficient (Wildman–Crippen LogP) is 11.2. The number of pyridine rings is 2. The van der Waals surface area contributed by atoms with E-state index in [2.05, 4.69) is 153 Å². The van der Waals surface area contributed by atoms with Crippen molar-refractivity contribution in [3.8, 4) is 28.1 Å². The van der Waals surface area contributed by atoms with Gasteiger partial charge in [-0.05, 0) is 77.9 Å². The third-order valence-electron chi connectivity index (χ3n) is 10.1. The van der Waals surface area contributed by atoms with Crippen LogP contribution in [-0.2, 0) is 0 Å². The summed E-state index contributed by atoms with van der Waals surface area (Å²) in [7, 11) is 0. The summed E-state index contributed by atoms with van der Waals surface area (Å²) in [6.45, 7) is 0. The van der Waals surface area contributed by atoms with Crippen molar-refractivity contribution in [1.29, 1.82) is 0 Å². The highest BCUT2D eigenvalue weighted by molar-refractivity contribution is 6.25. The Morgan fingerprint density at radius 1 is 0.417 bits per heavy atom. The lowest BCUT2D eigenvalue weighted by atomic mass is 9.96. The van der Waals surface area contributed by atoms with Gasteiger partial charge < -0.3 is 8.97 Å². The molecule has 222 valence electrons. The molecule has 0 bridgehead atoms. The fourth-order valence-electron chi connectivity index (χ4n) is 8.05. The molecule has 0 aliphatic rings. The number of hydrogen-bond donors (Lipinski definition) is 0. The second-order valence-electron chi connectivity index (χ2n) is 12.7. The van der Waals surface area contributed by atoms with Gasteiger partial charge in [0.05, 0.1) is 45.0 Å². The first-order valence-electron chi connectivity index (χ1n) is 16.3. The topological polar surface area (TPSA) is 35.1 Å². The maximum Gasteiger partial charge on any atom is 0.0724 e. The highest BCUT2D eigenvalue weighted by atomic mass is 15.0. The largest absolute Gasteiger partial charge is 0.308 e. The Morgan fingerprint density at radius 2 is 1.10 bits per heavy atom. The first-order valence-corrected chi connectivity index (χ1v) is 16.3. The SMILES string of the molecule is c1ccc(-n2c3ccccc3c3cc(-c4ccc5c(c4)c4cc(-c6cccc7ncccc67)cc6c7ccccc7n5c64)ncc32)cc1. The third kappa shape index (κ3) is 3.43. The van der Waals surface area contributed by atoms with Crippen molar-refractivity contribution >= 4 is 70.8 Å². The maximum absolute atomic E-state index is 5.08. The molecular weight excluding hydrogens is 585 g/mol. The number of para-hydroxylation sites is 3. The van der Waals surface area contributed by atoms with Crippen LogP contribution in [0.2, 0.25) is 0 Å². The molecule has 5 heterocycles. The Morgan fingerprint density at radius 3 is 1.98 bits per heavy atom. The minimum atomic E-state index is 0.968. The molecule has 5 aromatic heterocycles. The summed E-state index contributed by atoms with van der Waals surface area (Å²) in [6, 6.07) is 52.4. The van der Waals surface area contributed by atoms with Gasteiger partial charge >= 0.3 is 0 Å². The van der Waals surface area contributed by atoms with Crippen molar-refractivity contribution in [2.45, 2.75) is 0 Å². The molecule has 11 aromatic rings. The van der Waals surface area contributed by atoms with E-state index >= 15 is 0 Å². The number of benzene rings is 6. The van der Waals surface area contributed by atoms with Crippen LogP contribution in [0.15, 0.2) is 158 Å². The Hall–Kier alpha value is -6.52. The molecule has 0 aliphatic heterocycles. The van der Waals surface area contributed by atoms with Crippen molar-refractivity contribution in [2.75, 3.05) is 0 Å². The minimum Gasteiger partial charge on any atom is -0.308 e. The zero-order valence-corrected chi connectivity index (χ0v) is 25.8. The Kier molecular flexibility index (Phi) is 5.08. The molecule has 0 saturated carbocycles. The van der Waals surface area contributed by atoms with E-state index in [1.165, 1.54) is 65.5 Å². The van der Waals surface area contributed by atoms with Gasteiger partial charge in [0.15, 0.2) is 0 Å². The van der Waals surface area contributed by atoms with Gasteiger partial charge in [0, 0.05) is 55.2 Å². The highest BCUT2D eigenvalue weighted by Gasteiger charge is 2.20. The number of aromatic nitrogens is 4. The van der Waals surface area contributed by atoms with E-state index in [0.29, 0.717) is 0 Å². The van der Waals surface area contributed by atoms with Gasteiger partial charge in [0.1, 0.15) is 0 Å². The van der Waals surface area contributed by atoms with Crippen LogP contribution in [0.5, 0.6) is 0 Å². The maximum atomic E-state index is 5.08. The van der Waals surface area contributed by atoms with Crippen molar-refractivity contribution in [1.82, 2.24) is 18.9 Å². The number of hydrogen-bond acceptors (Lipinski definition) is 2.